The van der Waals surface area contributed by atoms with Gasteiger partial charge in [0.25, 0.3) is 0 Å². The zero-order valence-electron chi connectivity index (χ0n) is 12.1. The standard InChI is InChI=1S/C14H16N4O2S/c1-4-20-11(19)7-21-14-10(6-16)12(8(2)3)9(5-15)13(17)18-14/h8H,4,7H2,1-3H3,(H2,17,18). The van der Waals surface area contributed by atoms with Crippen LogP contribution in [0.3, 0.4) is 0 Å². The van der Waals surface area contributed by atoms with E-state index in [1.165, 1.54) is 0 Å². The van der Waals surface area contributed by atoms with E-state index in [0.29, 0.717) is 22.8 Å². The van der Waals surface area contributed by atoms with Crippen LogP contribution in [-0.2, 0) is 9.53 Å². The van der Waals surface area contributed by atoms with Crippen LogP contribution in [-0.4, -0.2) is 23.3 Å². The Balaban J connectivity index is 3.26. The number of carbonyl (C=O) groups is 1. The summed E-state index contributed by atoms with van der Waals surface area (Å²) in [4.78, 5) is 15.5. The number of hydrogen-bond acceptors (Lipinski definition) is 7. The van der Waals surface area contributed by atoms with Crippen LogP contribution in [0, 0.1) is 22.7 Å². The second-order valence-electron chi connectivity index (χ2n) is 4.44. The summed E-state index contributed by atoms with van der Waals surface area (Å²) < 4.78 is 4.84. The van der Waals surface area contributed by atoms with Gasteiger partial charge in [0.05, 0.1) is 23.5 Å². The monoisotopic (exact) mass is 304 g/mol. The number of pyridine rings is 1. The van der Waals surface area contributed by atoms with Crippen molar-refractivity contribution in [1.82, 2.24) is 4.98 Å². The van der Waals surface area contributed by atoms with Crippen LogP contribution in [0.4, 0.5) is 5.82 Å². The van der Waals surface area contributed by atoms with Crippen molar-refractivity contribution >= 4 is 23.5 Å². The minimum atomic E-state index is -0.387. The Morgan fingerprint density at radius 3 is 2.48 bits per heavy atom. The number of ether oxygens (including phenoxy) is 1. The Bertz CT molecular complexity index is 629. The minimum absolute atomic E-state index is 0.0401. The van der Waals surface area contributed by atoms with E-state index in [0.717, 1.165) is 11.8 Å². The molecule has 0 unspecified atom stereocenters. The quantitative estimate of drug-likeness (QED) is 0.655. The highest BCUT2D eigenvalue weighted by Gasteiger charge is 2.21. The highest BCUT2D eigenvalue weighted by atomic mass is 32.2. The van der Waals surface area contributed by atoms with Crippen molar-refractivity contribution in [3.05, 3.63) is 16.7 Å². The van der Waals surface area contributed by atoms with Gasteiger partial charge < -0.3 is 10.5 Å². The average Bonchev–Trinajstić information content (AvgIpc) is 2.44. The first-order chi connectivity index (χ1) is 9.96. The predicted octanol–water partition coefficient (Wildman–Crippen LogP) is 2.19. The van der Waals surface area contributed by atoms with Crippen molar-refractivity contribution in [2.24, 2.45) is 0 Å². The molecule has 0 atom stereocenters. The lowest BCUT2D eigenvalue weighted by atomic mass is 9.94. The highest BCUT2D eigenvalue weighted by molar-refractivity contribution is 7.99. The van der Waals surface area contributed by atoms with Crippen molar-refractivity contribution in [3.8, 4) is 12.1 Å². The Kier molecular flexibility index (Phi) is 6.01. The Labute approximate surface area is 127 Å². The van der Waals surface area contributed by atoms with Crippen LogP contribution in [0.1, 0.15) is 43.4 Å². The molecule has 0 saturated carbocycles. The molecule has 110 valence electrons. The number of nitriles is 2. The third-order valence-corrected chi connectivity index (χ3v) is 3.61. The second kappa shape index (κ2) is 7.51. The molecular formula is C14H16N4O2S. The fourth-order valence-corrected chi connectivity index (χ4v) is 2.64. The normalized spacial score (nSPS) is 10.0. The predicted molar refractivity (Wildman–Crippen MR) is 79.5 cm³/mol. The van der Waals surface area contributed by atoms with Gasteiger partial charge in [-0.1, -0.05) is 25.6 Å². The van der Waals surface area contributed by atoms with Crippen molar-refractivity contribution in [1.29, 1.82) is 10.5 Å². The molecule has 1 rings (SSSR count). The van der Waals surface area contributed by atoms with E-state index in [9.17, 15) is 15.3 Å². The van der Waals surface area contributed by atoms with Crippen molar-refractivity contribution in [2.75, 3.05) is 18.1 Å². The number of rotatable bonds is 5. The molecule has 0 saturated heterocycles. The molecule has 0 aliphatic rings. The number of nitrogens with zero attached hydrogens (tertiary/aromatic N) is 3. The van der Waals surface area contributed by atoms with E-state index in [1.807, 2.05) is 19.9 Å². The highest BCUT2D eigenvalue weighted by Crippen LogP contribution is 2.32. The molecule has 1 heterocycles. The minimum Gasteiger partial charge on any atom is -0.465 e. The van der Waals surface area contributed by atoms with E-state index in [2.05, 4.69) is 11.1 Å². The molecule has 0 aromatic carbocycles. The summed E-state index contributed by atoms with van der Waals surface area (Å²) in [5.41, 5.74) is 6.88. The molecule has 7 heteroatoms. The summed E-state index contributed by atoms with van der Waals surface area (Å²) >= 11 is 1.09. The number of carbonyl (C=O) groups excluding carboxylic acids is 1. The number of anilines is 1. The van der Waals surface area contributed by atoms with Gasteiger partial charge in [-0.05, 0) is 18.4 Å². The van der Waals surface area contributed by atoms with E-state index in [4.69, 9.17) is 10.5 Å². The molecule has 0 bridgehead atoms. The van der Waals surface area contributed by atoms with Gasteiger partial charge in [-0.15, -0.1) is 0 Å². The first kappa shape index (κ1) is 16.8. The van der Waals surface area contributed by atoms with E-state index in [1.54, 1.807) is 6.92 Å². The smallest absolute Gasteiger partial charge is 0.316 e. The molecule has 0 amide bonds. The topological polar surface area (TPSA) is 113 Å². The largest absolute Gasteiger partial charge is 0.465 e. The maximum atomic E-state index is 11.4. The van der Waals surface area contributed by atoms with Gasteiger partial charge in [-0.25, -0.2) is 4.98 Å². The van der Waals surface area contributed by atoms with Crippen LogP contribution >= 0.6 is 11.8 Å². The lowest BCUT2D eigenvalue weighted by Gasteiger charge is -2.14. The first-order valence-corrected chi connectivity index (χ1v) is 7.36. The Hall–Kier alpha value is -2.25. The van der Waals surface area contributed by atoms with E-state index in [-0.39, 0.29) is 29.0 Å². The Morgan fingerprint density at radius 1 is 1.38 bits per heavy atom. The molecule has 0 aliphatic carbocycles. The molecule has 21 heavy (non-hydrogen) atoms. The van der Waals surface area contributed by atoms with Gasteiger partial charge >= 0.3 is 5.97 Å². The summed E-state index contributed by atoms with van der Waals surface area (Å²) in [6.45, 7) is 5.76. The zero-order valence-corrected chi connectivity index (χ0v) is 13.0. The number of aromatic nitrogens is 1. The van der Waals surface area contributed by atoms with Crippen molar-refractivity contribution in [2.45, 2.75) is 31.7 Å². The molecule has 2 N–H and O–H groups in total. The molecule has 6 nitrogen and oxygen atoms in total. The van der Waals surface area contributed by atoms with Crippen LogP contribution < -0.4 is 5.73 Å². The number of nitrogen functional groups attached to an aromatic ring is 1. The summed E-state index contributed by atoms with van der Waals surface area (Å²) in [5, 5.41) is 18.9. The summed E-state index contributed by atoms with van der Waals surface area (Å²) in [5.74, 6) is -0.325. The summed E-state index contributed by atoms with van der Waals surface area (Å²) in [6.07, 6.45) is 0. The first-order valence-electron chi connectivity index (χ1n) is 6.38. The average molecular weight is 304 g/mol. The second-order valence-corrected chi connectivity index (χ2v) is 5.40. The molecule has 0 fully saturated rings. The molecular weight excluding hydrogens is 288 g/mol. The number of hydrogen-bond donors (Lipinski definition) is 1. The van der Waals surface area contributed by atoms with Gasteiger partial charge in [-0.2, -0.15) is 10.5 Å². The fraction of sp³-hybridized carbons (Fsp3) is 0.429. The maximum absolute atomic E-state index is 11.4. The van der Waals surface area contributed by atoms with Crippen LogP contribution in [0.5, 0.6) is 0 Å². The lowest BCUT2D eigenvalue weighted by molar-refractivity contribution is -0.139. The van der Waals surface area contributed by atoms with Crippen molar-refractivity contribution in [3.63, 3.8) is 0 Å². The zero-order chi connectivity index (χ0) is 16.0. The number of esters is 1. The van der Waals surface area contributed by atoms with Gasteiger partial charge in [0.15, 0.2) is 0 Å². The van der Waals surface area contributed by atoms with Crippen molar-refractivity contribution < 1.29 is 9.53 Å². The Morgan fingerprint density at radius 2 is 2.00 bits per heavy atom. The summed E-state index contributed by atoms with van der Waals surface area (Å²) in [6, 6.07) is 4.05. The number of nitrogens with two attached hydrogens (primary N) is 1. The SMILES string of the molecule is CCOC(=O)CSc1nc(N)c(C#N)c(C(C)C)c1C#N. The fourth-order valence-electron chi connectivity index (χ4n) is 1.84. The van der Waals surface area contributed by atoms with Gasteiger partial charge in [0.1, 0.15) is 23.0 Å². The maximum Gasteiger partial charge on any atom is 0.316 e. The number of thioether (sulfide) groups is 1. The van der Waals surface area contributed by atoms with E-state index < -0.39 is 0 Å². The van der Waals surface area contributed by atoms with E-state index >= 15 is 0 Å². The summed E-state index contributed by atoms with van der Waals surface area (Å²) in [7, 11) is 0. The molecule has 0 aliphatic heterocycles. The van der Waals surface area contributed by atoms with Crippen LogP contribution in [0.15, 0.2) is 5.03 Å². The third kappa shape index (κ3) is 3.87. The molecule has 0 radical (unpaired) electrons. The molecule has 1 aromatic heterocycles. The lowest BCUT2D eigenvalue weighted by Crippen LogP contribution is -2.10. The molecule has 1 aromatic rings. The third-order valence-electron chi connectivity index (χ3n) is 2.66. The van der Waals surface area contributed by atoms with Gasteiger partial charge in [-0.3, -0.25) is 4.79 Å². The van der Waals surface area contributed by atoms with Crippen LogP contribution in [0.25, 0.3) is 0 Å². The van der Waals surface area contributed by atoms with Gasteiger partial charge in [0.2, 0.25) is 0 Å². The van der Waals surface area contributed by atoms with Gasteiger partial charge in [0, 0.05) is 0 Å². The molecule has 0 spiro atoms. The van der Waals surface area contributed by atoms with Crippen LogP contribution in [0.2, 0.25) is 0 Å².